The summed E-state index contributed by atoms with van der Waals surface area (Å²) in [5, 5.41) is 9.98. The van der Waals surface area contributed by atoms with E-state index >= 15 is 0 Å². The number of aryl methyl sites for hydroxylation is 1. The zero-order valence-corrected chi connectivity index (χ0v) is 42.8. The van der Waals surface area contributed by atoms with Crippen molar-refractivity contribution in [3.63, 3.8) is 0 Å². The van der Waals surface area contributed by atoms with Crippen molar-refractivity contribution in [2.24, 2.45) is 0 Å². The van der Waals surface area contributed by atoms with Gasteiger partial charge in [0.2, 0.25) is 7.28 Å². The van der Waals surface area contributed by atoms with E-state index in [4.69, 9.17) is 4.42 Å². The van der Waals surface area contributed by atoms with E-state index in [9.17, 15) is 0 Å². The molecular formula is C65H60BN2OS. The first kappa shape index (κ1) is 43.5. The maximum atomic E-state index is 6.65. The summed E-state index contributed by atoms with van der Waals surface area (Å²) in [6, 6.07) is 54.6. The van der Waals surface area contributed by atoms with E-state index in [-0.39, 0.29) is 21.7 Å². The molecule has 0 atom stereocenters. The Bertz CT molecular complexity index is 3810. The van der Waals surface area contributed by atoms with Crippen LogP contribution in [-0.4, -0.2) is 7.28 Å². The number of nitrogens with zero attached hydrogens (tertiary/aromatic N) is 1. The molecule has 1 aliphatic heterocycles. The third kappa shape index (κ3) is 6.60. The number of anilines is 5. The van der Waals surface area contributed by atoms with Crippen molar-refractivity contribution < 1.29 is 4.42 Å². The summed E-state index contributed by atoms with van der Waals surface area (Å²) in [4.78, 5) is 2.70. The summed E-state index contributed by atoms with van der Waals surface area (Å²) < 4.78 is 9.31. The van der Waals surface area contributed by atoms with Gasteiger partial charge in [0, 0.05) is 43.5 Å². The van der Waals surface area contributed by atoms with Crippen molar-refractivity contribution in [1.29, 1.82) is 0 Å². The molecule has 0 bridgehead atoms. The van der Waals surface area contributed by atoms with Gasteiger partial charge in [-0.1, -0.05) is 152 Å². The smallest absolute Gasteiger partial charge is 0.211 e. The van der Waals surface area contributed by atoms with Crippen LogP contribution in [0.2, 0.25) is 0 Å². The maximum Gasteiger partial charge on any atom is 0.211 e. The molecule has 0 spiro atoms. The zero-order chi connectivity index (χ0) is 48.1. The van der Waals surface area contributed by atoms with Crippen molar-refractivity contribution in [2.45, 2.75) is 110 Å². The largest absolute Gasteiger partial charge is 0.454 e. The first-order valence-electron chi connectivity index (χ1n) is 25.4. The van der Waals surface area contributed by atoms with Crippen molar-refractivity contribution >= 4 is 100 Å². The van der Waals surface area contributed by atoms with Gasteiger partial charge in [0.25, 0.3) is 0 Å². The topological polar surface area (TPSA) is 28.4 Å². The molecule has 1 radical (unpaired) electrons. The molecule has 0 saturated heterocycles. The quantitative estimate of drug-likeness (QED) is 0.174. The van der Waals surface area contributed by atoms with Crippen LogP contribution < -0.4 is 20.5 Å². The van der Waals surface area contributed by atoms with E-state index in [1.165, 1.54) is 117 Å². The summed E-state index contributed by atoms with van der Waals surface area (Å²) >= 11 is 1.96. The molecule has 3 nitrogen and oxygen atoms in total. The van der Waals surface area contributed by atoms with Gasteiger partial charge < -0.3 is 14.6 Å². The van der Waals surface area contributed by atoms with Crippen LogP contribution >= 0.6 is 11.3 Å². The van der Waals surface area contributed by atoms with Gasteiger partial charge in [-0.05, 0) is 168 Å². The molecule has 0 amide bonds. The Hall–Kier alpha value is -6.56. The van der Waals surface area contributed by atoms with E-state index in [1.807, 2.05) is 17.4 Å². The second kappa shape index (κ2) is 15.2. The predicted octanol–water partition coefficient (Wildman–Crippen LogP) is 17.5. The molecule has 3 heterocycles. The lowest BCUT2D eigenvalue weighted by Crippen LogP contribution is -2.40. The molecular weight excluding hydrogens is 868 g/mol. The highest BCUT2D eigenvalue weighted by molar-refractivity contribution is 7.29. The Morgan fingerprint density at radius 3 is 1.90 bits per heavy atom. The molecule has 3 aliphatic rings. The highest BCUT2D eigenvalue weighted by Gasteiger charge is 2.42. The van der Waals surface area contributed by atoms with Gasteiger partial charge in [-0.3, -0.25) is 0 Å². The highest BCUT2D eigenvalue weighted by atomic mass is 32.1. The average molecular weight is 928 g/mol. The summed E-state index contributed by atoms with van der Waals surface area (Å²) in [5.74, 6) is 0. The number of furan rings is 1. The van der Waals surface area contributed by atoms with Crippen molar-refractivity contribution in [2.75, 3.05) is 10.2 Å². The van der Waals surface area contributed by atoms with Crippen LogP contribution in [0.3, 0.4) is 0 Å². The van der Waals surface area contributed by atoms with Gasteiger partial charge in [-0.2, -0.15) is 0 Å². The summed E-state index contributed by atoms with van der Waals surface area (Å²) in [5.41, 5.74) is 21.0. The van der Waals surface area contributed by atoms with Crippen LogP contribution in [0.4, 0.5) is 28.4 Å². The van der Waals surface area contributed by atoms with E-state index in [0.29, 0.717) is 0 Å². The Balaban J connectivity index is 1.13. The first-order chi connectivity index (χ1) is 33.6. The van der Waals surface area contributed by atoms with Crippen LogP contribution in [0, 0.1) is 6.92 Å². The molecule has 10 aromatic rings. The lowest BCUT2D eigenvalue weighted by Gasteiger charge is -2.44. The highest BCUT2D eigenvalue weighted by Crippen LogP contribution is 2.54. The van der Waals surface area contributed by atoms with Crippen LogP contribution in [0.5, 0.6) is 0 Å². The second-order valence-electron chi connectivity index (χ2n) is 23.3. The number of rotatable bonds is 5. The standard InChI is InChI=1S/C65H60BN2OS/c1-38-32-47-49(64(6,7)30-28-62(47,2)3)36-53(38)68-54-34-41(39-18-11-10-12-19-39)33-46(58(54)66-61-59(68)45-35-48-50(37-56(45)70-61)65(8,9)31-29-63(48,4)5)57-42-21-14-13-20-40(42)26-27-51(57)67-52-24-17-23-44-43-22-15-16-25-55(43)69-60(44)52/h10-27,32-37,67H,28-31H2,1-9H3. The number of para-hydroxylation sites is 2. The van der Waals surface area contributed by atoms with E-state index in [1.54, 1.807) is 0 Å². The monoisotopic (exact) mass is 927 g/mol. The number of thiophene rings is 1. The van der Waals surface area contributed by atoms with Crippen LogP contribution in [0.15, 0.2) is 150 Å². The number of hydrogen-bond donors (Lipinski definition) is 1. The summed E-state index contributed by atoms with van der Waals surface area (Å²) in [6.07, 6.45) is 4.70. The molecule has 0 fully saturated rings. The lowest BCUT2D eigenvalue weighted by atomic mass is 9.60. The zero-order valence-electron chi connectivity index (χ0n) is 42.0. The van der Waals surface area contributed by atoms with E-state index in [0.717, 1.165) is 39.7 Å². The molecule has 2 aromatic heterocycles. The fourth-order valence-corrected chi connectivity index (χ4v) is 13.7. The Morgan fingerprint density at radius 2 is 1.16 bits per heavy atom. The van der Waals surface area contributed by atoms with Gasteiger partial charge in [0.1, 0.15) is 5.58 Å². The van der Waals surface area contributed by atoms with Gasteiger partial charge in [0.15, 0.2) is 5.58 Å². The van der Waals surface area contributed by atoms with E-state index < -0.39 is 0 Å². The van der Waals surface area contributed by atoms with Crippen LogP contribution in [0.1, 0.15) is 109 Å². The molecule has 13 rings (SSSR count). The SMILES string of the molecule is Cc1cc2c(cc1N1c3cc(-c4ccccc4)cc(-c4c(Nc5cccc6c5oc5ccccc56)ccc5ccccc45)c3[B]c3sc4cc5c(cc4c31)C(C)(C)CCC5(C)C)C(C)(C)CCC2(C)C. The third-order valence-electron chi connectivity index (χ3n) is 16.9. The van der Waals surface area contributed by atoms with Crippen molar-refractivity contribution in [1.82, 2.24) is 0 Å². The summed E-state index contributed by atoms with van der Waals surface area (Å²) in [7, 11) is 2.54. The average Bonchev–Trinajstić information content (AvgIpc) is 3.92. The van der Waals surface area contributed by atoms with Crippen LogP contribution in [-0.2, 0) is 21.7 Å². The molecule has 2 aliphatic carbocycles. The normalized spacial score (nSPS) is 17.2. The molecule has 70 heavy (non-hydrogen) atoms. The van der Waals surface area contributed by atoms with Crippen LogP contribution in [0.25, 0.3) is 65.1 Å². The molecule has 8 aromatic carbocycles. The van der Waals surface area contributed by atoms with Gasteiger partial charge in [-0.25, -0.2) is 0 Å². The third-order valence-corrected chi connectivity index (χ3v) is 18.0. The molecule has 345 valence electrons. The van der Waals surface area contributed by atoms with Gasteiger partial charge in [0.05, 0.1) is 11.4 Å². The Morgan fingerprint density at radius 1 is 0.529 bits per heavy atom. The van der Waals surface area contributed by atoms with Crippen molar-refractivity contribution in [3.05, 3.63) is 173 Å². The second-order valence-corrected chi connectivity index (χ2v) is 24.4. The van der Waals surface area contributed by atoms with Gasteiger partial charge in [-0.15, -0.1) is 11.3 Å². The molecule has 0 saturated carbocycles. The lowest BCUT2D eigenvalue weighted by molar-refractivity contribution is 0.332. The Labute approximate surface area is 417 Å². The minimum absolute atomic E-state index is 0.0372. The first-order valence-corrected chi connectivity index (χ1v) is 26.2. The fraction of sp³-hybridized carbons (Fsp3) is 0.262. The minimum atomic E-state index is 0.0372. The van der Waals surface area contributed by atoms with Gasteiger partial charge >= 0.3 is 0 Å². The molecule has 0 unspecified atom stereocenters. The summed E-state index contributed by atoms with van der Waals surface area (Å²) in [6.45, 7) is 22.0. The number of hydrogen-bond acceptors (Lipinski definition) is 4. The Kier molecular flexibility index (Phi) is 9.45. The maximum absolute atomic E-state index is 6.65. The van der Waals surface area contributed by atoms with E-state index in [2.05, 4.69) is 219 Å². The number of benzene rings is 8. The molecule has 5 heteroatoms. The number of fused-ring (bicyclic) bond motifs is 10. The molecule has 1 N–H and O–H groups in total. The predicted molar refractivity (Wildman–Crippen MR) is 302 cm³/mol. The van der Waals surface area contributed by atoms with Crippen molar-refractivity contribution in [3.8, 4) is 22.3 Å². The number of nitrogens with one attached hydrogen (secondary N) is 1. The fourth-order valence-electron chi connectivity index (χ4n) is 12.6. The minimum Gasteiger partial charge on any atom is -0.454 e.